The van der Waals surface area contributed by atoms with E-state index in [1.165, 1.54) is 5.56 Å². The van der Waals surface area contributed by atoms with Crippen LogP contribution in [0.5, 0.6) is 0 Å². The maximum absolute atomic E-state index is 11.5. The summed E-state index contributed by atoms with van der Waals surface area (Å²) >= 11 is 0. The third-order valence-electron chi connectivity index (χ3n) is 3.13. The van der Waals surface area contributed by atoms with Crippen molar-refractivity contribution in [3.63, 3.8) is 0 Å². The molecule has 0 saturated heterocycles. The van der Waals surface area contributed by atoms with Crippen molar-refractivity contribution in [1.29, 1.82) is 0 Å². The molecule has 0 aromatic heterocycles. The Morgan fingerprint density at radius 2 is 2.20 bits per heavy atom. The highest BCUT2D eigenvalue weighted by Gasteiger charge is 2.22. The molecule has 7 nitrogen and oxygen atoms in total. The maximum Gasteiger partial charge on any atom is 0.421 e. The quantitative estimate of drug-likeness (QED) is 0.746. The van der Waals surface area contributed by atoms with Crippen LogP contribution in [-0.4, -0.2) is 34.7 Å². The van der Waals surface area contributed by atoms with Gasteiger partial charge in [-0.3, -0.25) is 0 Å². The number of benzene rings is 1. The van der Waals surface area contributed by atoms with Crippen LogP contribution < -0.4 is 14.8 Å². The van der Waals surface area contributed by atoms with E-state index in [9.17, 15) is 13.2 Å². The summed E-state index contributed by atoms with van der Waals surface area (Å²) in [6, 6.07) is 7.94. The number of para-hydroxylation sites is 1. The number of methoxy groups -OCH3 is 1. The van der Waals surface area contributed by atoms with Crippen molar-refractivity contribution in [2.45, 2.75) is 12.3 Å². The maximum atomic E-state index is 11.5. The average molecular weight is 299 g/mol. The second kappa shape index (κ2) is 6.10. The molecule has 0 bridgehead atoms. The van der Waals surface area contributed by atoms with Gasteiger partial charge in [0.2, 0.25) is 0 Å². The summed E-state index contributed by atoms with van der Waals surface area (Å²) < 4.78 is 31.2. The Morgan fingerprint density at radius 3 is 2.95 bits per heavy atom. The number of ether oxygens (including phenoxy) is 1. The molecular formula is C12H17N3O4S. The van der Waals surface area contributed by atoms with E-state index in [2.05, 4.69) is 14.8 Å². The summed E-state index contributed by atoms with van der Waals surface area (Å²) in [5.41, 5.74) is 2.28. The molecule has 1 aromatic carbocycles. The first-order valence-corrected chi connectivity index (χ1v) is 7.68. The lowest BCUT2D eigenvalue weighted by Gasteiger charge is -2.11. The van der Waals surface area contributed by atoms with Gasteiger partial charge >= 0.3 is 16.3 Å². The first-order chi connectivity index (χ1) is 9.52. The molecule has 1 aromatic rings. The molecule has 1 amide bonds. The number of amides is 1. The number of rotatable bonds is 5. The molecule has 0 fully saturated rings. The highest BCUT2D eigenvalue weighted by Crippen LogP contribution is 2.32. The second-order valence-electron chi connectivity index (χ2n) is 4.45. The Bertz CT molecular complexity index is 588. The topological polar surface area (TPSA) is 96.5 Å². The number of carbonyl (C=O) groups is 1. The molecule has 20 heavy (non-hydrogen) atoms. The molecule has 1 heterocycles. The minimum absolute atomic E-state index is 0.243. The fourth-order valence-electron chi connectivity index (χ4n) is 2.17. The van der Waals surface area contributed by atoms with Crippen LogP contribution in [0.15, 0.2) is 24.3 Å². The van der Waals surface area contributed by atoms with Gasteiger partial charge in [0.05, 0.1) is 7.11 Å². The minimum Gasteiger partial charge on any atom is -0.452 e. The first-order valence-electron chi connectivity index (χ1n) is 6.20. The third-order valence-corrected chi connectivity index (χ3v) is 4.15. The molecule has 8 heteroatoms. The Balaban J connectivity index is 1.84. The monoisotopic (exact) mass is 299 g/mol. The van der Waals surface area contributed by atoms with E-state index in [0.717, 1.165) is 19.3 Å². The van der Waals surface area contributed by atoms with Crippen molar-refractivity contribution >= 4 is 22.0 Å². The van der Waals surface area contributed by atoms with Crippen molar-refractivity contribution in [1.82, 2.24) is 9.44 Å². The second-order valence-corrected chi connectivity index (χ2v) is 5.94. The van der Waals surface area contributed by atoms with E-state index in [1.54, 1.807) is 4.72 Å². The molecule has 0 spiro atoms. The predicted octanol–water partition coefficient (Wildman–Crippen LogP) is 0.776. The molecule has 3 N–H and O–H groups in total. The Kier molecular flexibility index (Phi) is 4.46. The van der Waals surface area contributed by atoms with Crippen molar-refractivity contribution in [2.24, 2.45) is 0 Å². The van der Waals surface area contributed by atoms with Crippen molar-refractivity contribution in [2.75, 3.05) is 25.5 Å². The molecule has 2 rings (SSSR count). The number of fused-ring (bicyclic) bond motifs is 1. The summed E-state index contributed by atoms with van der Waals surface area (Å²) in [7, 11) is -2.75. The Hall–Kier alpha value is -1.80. The fourth-order valence-corrected chi connectivity index (χ4v) is 2.93. The van der Waals surface area contributed by atoms with E-state index in [-0.39, 0.29) is 12.5 Å². The lowest BCUT2D eigenvalue weighted by molar-refractivity contribution is 0.177. The van der Waals surface area contributed by atoms with E-state index >= 15 is 0 Å². The molecular weight excluding hydrogens is 282 g/mol. The van der Waals surface area contributed by atoms with Crippen molar-refractivity contribution in [3.8, 4) is 0 Å². The number of anilines is 1. The minimum atomic E-state index is -3.86. The van der Waals surface area contributed by atoms with Gasteiger partial charge in [-0.2, -0.15) is 13.1 Å². The van der Waals surface area contributed by atoms with Crippen LogP contribution in [-0.2, 0) is 14.9 Å². The molecule has 1 aliphatic rings. The Morgan fingerprint density at radius 1 is 1.45 bits per heavy atom. The van der Waals surface area contributed by atoms with Crippen LogP contribution >= 0.6 is 0 Å². The van der Waals surface area contributed by atoms with Gasteiger partial charge in [-0.15, -0.1) is 0 Å². The van der Waals surface area contributed by atoms with Gasteiger partial charge in [-0.1, -0.05) is 18.2 Å². The number of hydrogen-bond acceptors (Lipinski definition) is 5. The van der Waals surface area contributed by atoms with Crippen LogP contribution in [0, 0.1) is 0 Å². The number of nitrogens with one attached hydrogen (secondary N) is 3. The lowest BCUT2D eigenvalue weighted by Crippen LogP contribution is -2.40. The highest BCUT2D eigenvalue weighted by atomic mass is 32.2. The van der Waals surface area contributed by atoms with Crippen LogP contribution in [0.2, 0.25) is 0 Å². The normalized spacial score (nSPS) is 17.1. The van der Waals surface area contributed by atoms with Crippen molar-refractivity contribution in [3.05, 3.63) is 29.8 Å². The smallest absolute Gasteiger partial charge is 0.421 e. The molecule has 0 radical (unpaired) electrons. The van der Waals surface area contributed by atoms with E-state index in [0.29, 0.717) is 6.42 Å². The molecule has 0 saturated carbocycles. The van der Waals surface area contributed by atoms with Gasteiger partial charge in [0.25, 0.3) is 0 Å². The predicted molar refractivity (Wildman–Crippen MR) is 74.8 cm³/mol. The summed E-state index contributed by atoms with van der Waals surface area (Å²) in [6.07, 6.45) is -0.364. The average Bonchev–Trinajstić information content (AvgIpc) is 2.81. The molecule has 0 aliphatic carbocycles. The van der Waals surface area contributed by atoms with Crippen LogP contribution in [0.4, 0.5) is 10.5 Å². The van der Waals surface area contributed by atoms with E-state index < -0.39 is 16.3 Å². The molecule has 1 unspecified atom stereocenters. The fraction of sp³-hybridized carbons (Fsp3) is 0.417. The van der Waals surface area contributed by atoms with Gasteiger partial charge in [0, 0.05) is 24.7 Å². The van der Waals surface area contributed by atoms with Gasteiger partial charge in [-0.25, -0.2) is 9.52 Å². The Labute approximate surface area is 117 Å². The zero-order chi connectivity index (χ0) is 14.6. The summed E-state index contributed by atoms with van der Waals surface area (Å²) in [4.78, 5) is 10.8. The van der Waals surface area contributed by atoms with Gasteiger partial charge in [0.15, 0.2) is 0 Å². The van der Waals surface area contributed by atoms with Crippen molar-refractivity contribution < 1.29 is 17.9 Å². The number of carbonyl (C=O) groups excluding carboxylic acids is 1. The van der Waals surface area contributed by atoms with Gasteiger partial charge in [-0.05, 0) is 18.1 Å². The highest BCUT2D eigenvalue weighted by molar-refractivity contribution is 7.88. The lowest BCUT2D eigenvalue weighted by atomic mass is 9.98. The van der Waals surface area contributed by atoms with Crippen LogP contribution in [0.3, 0.4) is 0 Å². The largest absolute Gasteiger partial charge is 0.452 e. The molecule has 1 aliphatic heterocycles. The molecule has 110 valence electrons. The zero-order valence-electron chi connectivity index (χ0n) is 11.0. The zero-order valence-corrected chi connectivity index (χ0v) is 11.9. The standard InChI is InChI=1S/C12H17N3O4S/c1-19-12(16)15-20(17,18)14-7-6-9-8-13-11-5-3-2-4-10(9)11/h2-5,9,13-14H,6-8H2,1H3,(H,15,16). The summed E-state index contributed by atoms with van der Waals surface area (Å²) in [5.74, 6) is 0.257. The van der Waals surface area contributed by atoms with Crippen LogP contribution in [0.1, 0.15) is 17.9 Å². The summed E-state index contributed by atoms with van der Waals surface area (Å²) in [6.45, 7) is 1.03. The molecule has 1 atom stereocenters. The van der Waals surface area contributed by atoms with E-state index in [4.69, 9.17) is 0 Å². The van der Waals surface area contributed by atoms with E-state index in [1.807, 2.05) is 24.3 Å². The summed E-state index contributed by atoms with van der Waals surface area (Å²) in [5, 5.41) is 3.27. The van der Waals surface area contributed by atoms with Gasteiger partial charge in [0.1, 0.15) is 0 Å². The SMILES string of the molecule is COC(=O)NS(=O)(=O)NCCC1CNc2ccccc21. The number of hydrogen-bond donors (Lipinski definition) is 3. The van der Waals surface area contributed by atoms with Crippen LogP contribution in [0.25, 0.3) is 0 Å². The van der Waals surface area contributed by atoms with Gasteiger partial charge < -0.3 is 10.1 Å². The first kappa shape index (κ1) is 14.6. The third kappa shape index (κ3) is 3.61.